The molecule has 37 heavy (non-hydrogen) atoms. The lowest BCUT2D eigenvalue weighted by Gasteiger charge is -2.32. The molecule has 0 aromatic rings. The van der Waals surface area contributed by atoms with Crippen molar-refractivity contribution >= 4 is 5.97 Å². The van der Waals surface area contributed by atoms with Crippen LogP contribution in [-0.4, -0.2) is 11.1 Å². The summed E-state index contributed by atoms with van der Waals surface area (Å²) in [7, 11) is 0. The van der Waals surface area contributed by atoms with Gasteiger partial charge in [-0.05, 0) is 25.2 Å². The molecule has 0 saturated carbocycles. The van der Waals surface area contributed by atoms with Crippen molar-refractivity contribution in [1.82, 2.24) is 0 Å². The first-order chi connectivity index (χ1) is 18.0. The molecule has 0 radical (unpaired) electrons. The maximum absolute atomic E-state index is 12.7. The van der Waals surface area contributed by atoms with Crippen LogP contribution in [0.15, 0.2) is 0 Å². The summed E-state index contributed by atoms with van der Waals surface area (Å²) >= 11 is 0. The number of carbonyl (C=O) groups is 1. The van der Waals surface area contributed by atoms with E-state index in [1.807, 2.05) is 0 Å². The van der Waals surface area contributed by atoms with Gasteiger partial charge in [-0.15, -0.1) is 0 Å². The van der Waals surface area contributed by atoms with Crippen LogP contribution < -0.4 is 0 Å². The molecule has 0 rings (SSSR count). The number of hydrogen-bond donors (Lipinski definition) is 1. The van der Waals surface area contributed by atoms with Crippen LogP contribution in [0.5, 0.6) is 0 Å². The van der Waals surface area contributed by atoms with Gasteiger partial charge >= 0.3 is 5.97 Å². The lowest BCUT2D eigenvalue weighted by molar-refractivity contribution is -0.151. The molecule has 0 saturated heterocycles. The van der Waals surface area contributed by atoms with Crippen LogP contribution in [-0.2, 0) is 4.79 Å². The van der Waals surface area contributed by atoms with Gasteiger partial charge in [0.1, 0.15) is 0 Å². The van der Waals surface area contributed by atoms with E-state index >= 15 is 0 Å². The third-order valence-corrected chi connectivity index (χ3v) is 8.76. The maximum atomic E-state index is 12.7. The fourth-order valence-corrected chi connectivity index (χ4v) is 6.22. The van der Waals surface area contributed by atoms with Gasteiger partial charge in [-0.25, -0.2) is 0 Å². The van der Waals surface area contributed by atoms with Crippen LogP contribution in [0.2, 0.25) is 0 Å². The summed E-state index contributed by atoms with van der Waals surface area (Å²) in [5, 5.41) is 10.5. The van der Waals surface area contributed by atoms with E-state index in [0.717, 1.165) is 32.1 Å². The van der Waals surface area contributed by atoms with Crippen molar-refractivity contribution in [2.45, 2.75) is 207 Å². The first kappa shape index (κ1) is 36.5. The van der Waals surface area contributed by atoms with E-state index in [1.54, 1.807) is 0 Å². The van der Waals surface area contributed by atoms with Crippen molar-refractivity contribution < 1.29 is 9.90 Å². The fourth-order valence-electron chi connectivity index (χ4n) is 6.22. The third-order valence-electron chi connectivity index (χ3n) is 8.76. The highest BCUT2D eigenvalue weighted by Crippen LogP contribution is 2.40. The van der Waals surface area contributed by atoms with Gasteiger partial charge in [-0.2, -0.15) is 0 Å². The van der Waals surface area contributed by atoms with Crippen molar-refractivity contribution in [3.8, 4) is 0 Å². The zero-order valence-electron chi connectivity index (χ0n) is 26.2. The normalized spacial score (nSPS) is 14.1. The fraction of sp³-hybridized carbons (Fsp3) is 0.971. The van der Waals surface area contributed by atoms with Crippen molar-refractivity contribution in [2.24, 2.45) is 11.3 Å². The van der Waals surface area contributed by atoms with E-state index in [2.05, 4.69) is 27.7 Å². The quantitative estimate of drug-likeness (QED) is 0.0952. The molecular formula is C35H70O2. The van der Waals surface area contributed by atoms with Crippen LogP contribution in [0.4, 0.5) is 0 Å². The van der Waals surface area contributed by atoms with Gasteiger partial charge in [-0.1, -0.05) is 188 Å². The Balaban J connectivity index is 4.49. The SMILES string of the molecule is CCCCCCCCCCCCC(C)CC(CCCCCCCC)(CCCCCCCCCC)C(=O)O. The molecule has 0 heterocycles. The summed E-state index contributed by atoms with van der Waals surface area (Å²) in [5.74, 6) is 0.0261. The molecule has 0 aromatic carbocycles. The lowest BCUT2D eigenvalue weighted by Crippen LogP contribution is -2.33. The molecule has 0 fully saturated rings. The molecule has 1 N–H and O–H groups in total. The molecule has 2 heteroatoms. The second-order valence-electron chi connectivity index (χ2n) is 12.6. The predicted molar refractivity (Wildman–Crippen MR) is 166 cm³/mol. The summed E-state index contributed by atoms with van der Waals surface area (Å²) in [6, 6.07) is 0. The van der Waals surface area contributed by atoms with E-state index in [1.165, 1.54) is 148 Å². The van der Waals surface area contributed by atoms with Crippen LogP contribution in [0.25, 0.3) is 0 Å². The van der Waals surface area contributed by atoms with Crippen molar-refractivity contribution in [3.63, 3.8) is 0 Å². The van der Waals surface area contributed by atoms with Crippen molar-refractivity contribution in [2.75, 3.05) is 0 Å². The zero-order valence-corrected chi connectivity index (χ0v) is 26.2. The van der Waals surface area contributed by atoms with E-state index in [9.17, 15) is 9.90 Å². The Labute approximate surface area is 234 Å². The van der Waals surface area contributed by atoms with Gasteiger partial charge in [0.25, 0.3) is 0 Å². The third kappa shape index (κ3) is 22.0. The molecule has 222 valence electrons. The van der Waals surface area contributed by atoms with Gasteiger partial charge in [0, 0.05) is 0 Å². The number of unbranched alkanes of at least 4 members (excludes halogenated alkanes) is 21. The molecule has 0 spiro atoms. The summed E-state index contributed by atoms with van der Waals surface area (Å²) < 4.78 is 0. The van der Waals surface area contributed by atoms with Gasteiger partial charge in [0.05, 0.1) is 5.41 Å². The first-order valence-corrected chi connectivity index (χ1v) is 17.3. The van der Waals surface area contributed by atoms with E-state index in [0.29, 0.717) is 5.92 Å². The lowest BCUT2D eigenvalue weighted by atomic mass is 9.71. The van der Waals surface area contributed by atoms with E-state index in [4.69, 9.17) is 0 Å². The molecule has 0 bridgehead atoms. The van der Waals surface area contributed by atoms with Crippen LogP contribution in [0.1, 0.15) is 207 Å². The number of aliphatic carboxylic acids is 1. The smallest absolute Gasteiger partial charge is 0.309 e. The maximum Gasteiger partial charge on any atom is 0.309 e. The van der Waals surface area contributed by atoms with Crippen LogP contribution in [0.3, 0.4) is 0 Å². The highest BCUT2D eigenvalue weighted by molar-refractivity contribution is 5.74. The Hall–Kier alpha value is -0.530. The van der Waals surface area contributed by atoms with Crippen LogP contribution in [0, 0.1) is 11.3 Å². The molecular weight excluding hydrogens is 452 g/mol. The van der Waals surface area contributed by atoms with E-state index < -0.39 is 11.4 Å². The summed E-state index contributed by atoms with van der Waals surface area (Å²) in [4.78, 5) is 12.7. The summed E-state index contributed by atoms with van der Waals surface area (Å²) in [5.41, 5.74) is -0.481. The minimum absolute atomic E-state index is 0.481. The topological polar surface area (TPSA) is 37.3 Å². The molecule has 0 aromatic heterocycles. The number of carboxylic acid groups (broad SMARTS) is 1. The second kappa shape index (κ2) is 27.1. The molecule has 0 aliphatic heterocycles. The standard InChI is InChI=1S/C35H70O2/c1-5-8-11-14-17-19-20-21-23-26-29-33(4)32-35(34(36)37,30-27-24-16-13-10-7-3)31-28-25-22-18-15-12-9-6-2/h33H,5-32H2,1-4H3,(H,36,37). The second-order valence-corrected chi connectivity index (χ2v) is 12.6. The molecule has 2 nitrogen and oxygen atoms in total. The molecule has 0 aliphatic carbocycles. The van der Waals surface area contributed by atoms with E-state index in [-0.39, 0.29) is 0 Å². The Bertz CT molecular complexity index is 474. The Morgan fingerprint density at radius 2 is 0.811 bits per heavy atom. The molecule has 0 aliphatic rings. The summed E-state index contributed by atoms with van der Waals surface area (Å²) in [6.07, 6.45) is 35.4. The van der Waals surface area contributed by atoms with Gasteiger partial charge < -0.3 is 5.11 Å². The average molecular weight is 523 g/mol. The predicted octanol–water partition coefficient (Wildman–Crippen LogP) is 12.7. The highest BCUT2D eigenvalue weighted by atomic mass is 16.4. The largest absolute Gasteiger partial charge is 0.481 e. The zero-order chi connectivity index (χ0) is 27.5. The van der Waals surface area contributed by atoms with Crippen molar-refractivity contribution in [3.05, 3.63) is 0 Å². The Morgan fingerprint density at radius 1 is 0.514 bits per heavy atom. The molecule has 2 unspecified atom stereocenters. The van der Waals surface area contributed by atoms with Crippen LogP contribution >= 0.6 is 0 Å². The monoisotopic (exact) mass is 523 g/mol. The minimum atomic E-state index is -0.501. The number of hydrogen-bond acceptors (Lipinski definition) is 1. The number of carboxylic acids is 1. The van der Waals surface area contributed by atoms with Gasteiger partial charge in [0.15, 0.2) is 0 Å². The van der Waals surface area contributed by atoms with Gasteiger partial charge in [0.2, 0.25) is 0 Å². The number of rotatable bonds is 30. The van der Waals surface area contributed by atoms with Gasteiger partial charge in [-0.3, -0.25) is 4.79 Å². The first-order valence-electron chi connectivity index (χ1n) is 17.3. The highest BCUT2D eigenvalue weighted by Gasteiger charge is 2.38. The minimum Gasteiger partial charge on any atom is -0.481 e. The van der Waals surface area contributed by atoms with Crippen molar-refractivity contribution in [1.29, 1.82) is 0 Å². The Kier molecular flexibility index (Phi) is 26.7. The molecule has 2 atom stereocenters. The summed E-state index contributed by atoms with van der Waals surface area (Å²) in [6.45, 7) is 9.15. The Morgan fingerprint density at radius 3 is 1.14 bits per heavy atom. The average Bonchev–Trinajstić information content (AvgIpc) is 2.88. The molecule has 0 amide bonds.